The average Bonchev–Trinajstić information content (AvgIpc) is 3.03. The van der Waals surface area contributed by atoms with Crippen LogP contribution in [0, 0.1) is 0 Å². The Kier molecular flexibility index (Phi) is 2.23. The van der Waals surface area contributed by atoms with Crippen molar-refractivity contribution >= 4 is 28.1 Å². The predicted octanol–water partition coefficient (Wildman–Crippen LogP) is 3.02. The van der Waals surface area contributed by atoms with Gasteiger partial charge in [0.25, 0.3) is 0 Å². The number of anilines is 1. The quantitative estimate of drug-likeness (QED) is 0.787. The Morgan fingerprint density at radius 1 is 1.37 bits per heavy atom. The van der Waals surface area contributed by atoms with E-state index >= 15 is 0 Å². The molecule has 1 atom stereocenters. The van der Waals surface area contributed by atoms with Crippen LogP contribution in [-0.2, 0) is 0 Å². The monoisotopic (exact) mass is 277 g/mol. The maximum atomic E-state index is 10.2. The first-order valence-electron chi connectivity index (χ1n) is 6.17. The van der Waals surface area contributed by atoms with Crippen LogP contribution in [-0.4, -0.2) is 24.3 Å². The fourth-order valence-electron chi connectivity index (χ4n) is 2.92. The third-order valence-electron chi connectivity index (χ3n) is 3.79. The maximum Gasteiger partial charge on any atom is 0.231 e. The van der Waals surface area contributed by atoms with E-state index in [1.165, 1.54) is 0 Å². The smallest absolute Gasteiger partial charge is 0.231 e. The molecule has 4 rings (SSSR count). The van der Waals surface area contributed by atoms with Gasteiger partial charge >= 0.3 is 0 Å². The molecule has 5 heteroatoms. The number of alkyl halides is 1. The zero-order chi connectivity index (χ0) is 13.0. The molecule has 0 bridgehead atoms. The molecule has 2 heterocycles. The second-order valence-electron chi connectivity index (χ2n) is 4.81. The lowest BCUT2D eigenvalue weighted by Crippen LogP contribution is -2.03. The Balaban J connectivity index is 2.14. The van der Waals surface area contributed by atoms with Gasteiger partial charge in [-0.1, -0.05) is 0 Å². The number of hydrogen-bond acceptors (Lipinski definition) is 4. The summed E-state index contributed by atoms with van der Waals surface area (Å²) in [6.45, 7) is 1.000. The van der Waals surface area contributed by atoms with Gasteiger partial charge in [-0.25, -0.2) is 0 Å². The first kappa shape index (κ1) is 11.1. The molecule has 0 radical (unpaired) electrons. The lowest BCUT2D eigenvalue weighted by Gasteiger charge is -2.13. The van der Waals surface area contributed by atoms with Crippen LogP contribution >= 0.6 is 11.6 Å². The van der Waals surface area contributed by atoms with Crippen LogP contribution in [0.25, 0.3) is 10.8 Å². The Labute approximate surface area is 114 Å². The van der Waals surface area contributed by atoms with Gasteiger partial charge in [-0.05, 0) is 17.7 Å². The van der Waals surface area contributed by atoms with E-state index in [9.17, 15) is 5.11 Å². The standard InChI is InChI=1S/C14H12ClNO3/c15-4-7-5-16-9-3-10(17)8-1-2-11-14(19-6-18-11)13(8)12(7)9/h1-3,7,16-17H,4-6H2/t7-/m1/s1. The van der Waals surface area contributed by atoms with E-state index in [2.05, 4.69) is 5.32 Å². The molecule has 2 aliphatic heterocycles. The van der Waals surface area contributed by atoms with Crippen molar-refractivity contribution in [3.8, 4) is 17.2 Å². The molecule has 0 unspecified atom stereocenters. The topological polar surface area (TPSA) is 50.7 Å². The van der Waals surface area contributed by atoms with Crippen molar-refractivity contribution in [3.05, 3.63) is 23.8 Å². The van der Waals surface area contributed by atoms with E-state index in [4.69, 9.17) is 21.1 Å². The molecule has 19 heavy (non-hydrogen) atoms. The molecule has 0 aliphatic carbocycles. The molecule has 0 amide bonds. The van der Waals surface area contributed by atoms with Gasteiger partial charge in [0.15, 0.2) is 11.5 Å². The Morgan fingerprint density at radius 3 is 3.11 bits per heavy atom. The van der Waals surface area contributed by atoms with Gasteiger partial charge in [0.1, 0.15) is 5.75 Å². The Hall–Kier alpha value is -1.81. The lowest BCUT2D eigenvalue weighted by molar-refractivity contribution is 0.175. The van der Waals surface area contributed by atoms with Crippen molar-refractivity contribution in [2.75, 3.05) is 24.5 Å². The summed E-state index contributed by atoms with van der Waals surface area (Å²) in [4.78, 5) is 0. The third-order valence-corrected chi connectivity index (χ3v) is 4.16. The highest BCUT2D eigenvalue weighted by Crippen LogP contribution is 2.49. The zero-order valence-electron chi connectivity index (χ0n) is 10.1. The summed E-state index contributed by atoms with van der Waals surface area (Å²) in [6.07, 6.45) is 0. The summed E-state index contributed by atoms with van der Waals surface area (Å²) in [5.74, 6) is 2.43. The van der Waals surface area contributed by atoms with Crippen LogP contribution in [0.4, 0.5) is 5.69 Å². The van der Waals surface area contributed by atoms with E-state index < -0.39 is 0 Å². The number of aromatic hydroxyl groups is 1. The SMILES string of the molecule is Oc1cc2c(c3c4c(ccc13)OCO4)[C@H](CCl)CN2. The van der Waals surface area contributed by atoms with E-state index in [1.807, 2.05) is 12.1 Å². The second kappa shape index (κ2) is 3.84. The highest BCUT2D eigenvalue weighted by atomic mass is 35.5. The average molecular weight is 278 g/mol. The maximum absolute atomic E-state index is 10.2. The van der Waals surface area contributed by atoms with Crippen molar-refractivity contribution < 1.29 is 14.6 Å². The van der Waals surface area contributed by atoms with Gasteiger partial charge < -0.3 is 19.9 Å². The number of phenols is 1. The van der Waals surface area contributed by atoms with Crippen LogP contribution in [0.1, 0.15) is 11.5 Å². The molecular formula is C14H12ClNO3. The zero-order valence-corrected chi connectivity index (χ0v) is 10.8. The van der Waals surface area contributed by atoms with Gasteiger partial charge in [0.2, 0.25) is 6.79 Å². The number of phenolic OH excluding ortho intramolecular Hbond substituents is 1. The minimum atomic E-state index is 0.218. The highest BCUT2D eigenvalue weighted by Gasteiger charge is 2.29. The number of ether oxygens (including phenoxy) is 2. The number of nitrogens with one attached hydrogen (secondary N) is 1. The summed E-state index contributed by atoms with van der Waals surface area (Å²) >= 11 is 6.05. The van der Waals surface area contributed by atoms with Gasteiger partial charge in [0.05, 0.1) is 0 Å². The van der Waals surface area contributed by atoms with E-state index in [0.717, 1.165) is 34.3 Å². The lowest BCUT2D eigenvalue weighted by atomic mass is 9.94. The van der Waals surface area contributed by atoms with Gasteiger partial charge in [-0.15, -0.1) is 11.6 Å². The van der Waals surface area contributed by atoms with Crippen LogP contribution in [0.5, 0.6) is 17.2 Å². The summed E-state index contributed by atoms with van der Waals surface area (Å²) in [6, 6.07) is 5.45. The number of benzene rings is 2. The fourth-order valence-corrected chi connectivity index (χ4v) is 3.18. The second-order valence-corrected chi connectivity index (χ2v) is 5.12. The fraction of sp³-hybridized carbons (Fsp3) is 0.286. The van der Waals surface area contributed by atoms with Crippen LogP contribution < -0.4 is 14.8 Å². The first-order chi connectivity index (χ1) is 9.29. The predicted molar refractivity (Wildman–Crippen MR) is 73.7 cm³/mol. The molecule has 2 N–H and O–H groups in total. The number of fused-ring (bicyclic) bond motifs is 5. The minimum Gasteiger partial charge on any atom is -0.507 e. The Morgan fingerprint density at radius 2 is 2.26 bits per heavy atom. The van der Waals surface area contributed by atoms with Crippen LogP contribution in [0.3, 0.4) is 0 Å². The largest absolute Gasteiger partial charge is 0.507 e. The Bertz CT molecular complexity index is 686. The van der Waals surface area contributed by atoms with Gasteiger partial charge in [-0.2, -0.15) is 0 Å². The first-order valence-corrected chi connectivity index (χ1v) is 6.71. The molecule has 0 spiro atoms. The molecule has 0 fully saturated rings. The number of rotatable bonds is 1. The number of hydrogen-bond donors (Lipinski definition) is 2. The molecule has 2 aromatic rings. The molecule has 2 aliphatic rings. The number of halogens is 1. The van der Waals surface area contributed by atoms with Crippen molar-refractivity contribution in [2.45, 2.75) is 5.92 Å². The molecule has 98 valence electrons. The summed E-state index contributed by atoms with van der Waals surface area (Å²) in [5, 5.41) is 15.1. The normalized spacial score (nSPS) is 19.5. The van der Waals surface area contributed by atoms with Crippen molar-refractivity contribution in [1.29, 1.82) is 0 Å². The highest BCUT2D eigenvalue weighted by molar-refractivity contribution is 6.19. The molecule has 0 saturated carbocycles. The summed E-state index contributed by atoms with van der Waals surface area (Å²) in [5.41, 5.74) is 2.05. The summed E-state index contributed by atoms with van der Waals surface area (Å²) in [7, 11) is 0. The van der Waals surface area contributed by atoms with Crippen molar-refractivity contribution in [3.63, 3.8) is 0 Å². The van der Waals surface area contributed by atoms with Crippen LogP contribution in [0.15, 0.2) is 18.2 Å². The minimum absolute atomic E-state index is 0.218. The van der Waals surface area contributed by atoms with Crippen molar-refractivity contribution in [1.82, 2.24) is 0 Å². The van der Waals surface area contributed by atoms with E-state index in [0.29, 0.717) is 11.6 Å². The molecule has 0 saturated heterocycles. The van der Waals surface area contributed by atoms with E-state index in [1.54, 1.807) is 6.07 Å². The molecule has 4 nitrogen and oxygen atoms in total. The van der Waals surface area contributed by atoms with Crippen LogP contribution in [0.2, 0.25) is 0 Å². The van der Waals surface area contributed by atoms with Crippen molar-refractivity contribution in [2.24, 2.45) is 0 Å². The molecule has 0 aromatic heterocycles. The van der Waals surface area contributed by atoms with Gasteiger partial charge in [-0.3, -0.25) is 0 Å². The van der Waals surface area contributed by atoms with E-state index in [-0.39, 0.29) is 18.5 Å². The molecule has 2 aromatic carbocycles. The van der Waals surface area contributed by atoms with Gasteiger partial charge in [0, 0.05) is 40.9 Å². The summed E-state index contributed by atoms with van der Waals surface area (Å²) < 4.78 is 11.0. The molecular weight excluding hydrogens is 266 g/mol. The third kappa shape index (κ3) is 1.40.